The van der Waals surface area contributed by atoms with E-state index in [9.17, 15) is 4.79 Å². The molecular formula is C17H21BrN2O. The molecule has 0 aliphatic heterocycles. The molecule has 0 N–H and O–H groups in total. The third-order valence-corrected chi connectivity index (χ3v) is 4.03. The Hall–Kier alpha value is -1.55. The lowest BCUT2D eigenvalue weighted by molar-refractivity contribution is -0.116. The van der Waals surface area contributed by atoms with Gasteiger partial charge in [-0.3, -0.25) is 4.79 Å². The first kappa shape index (κ1) is 15.8. The molecule has 0 fully saturated rings. The Morgan fingerprint density at radius 3 is 2.81 bits per heavy atom. The van der Waals surface area contributed by atoms with Crippen LogP contribution >= 0.6 is 15.9 Å². The van der Waals surface area contributed by atoms with Crippen LogP contribution in [0.3, 0.4) is 0 Å². The second kappa shape index (κ2) is 6.94. The van der Waals surface area contributed by atoms with Crippen molar-refractivity contribution in [1.82, 2.24) is 9.47 Å². The van der Waals surface area contributed by atoms with E-state index < -0.39 is 0 Å². The second-order valence-electron chi connectivity index (χ2n) is 5.59. The molecule has 2 aromatic rings. The van der Waals surface area contributed by atoms with E-state index in [4.69, 9.17) is 0 Å². The molecule has 0 aliphatic carbocycles. The molecule has 0 saturated heterocycles. The van der Waals surface area contributed by atoms with Crippen LogP contribution in [0.1, 0.15) is 19.4 Å². The number of hydrogen-bond donors (Lipinski definition) is 0. The van der Waals surface area contributed by atoms with Crippen LogP contribution in [0, 0.1) is 0 Å². The van der Waals surface area contributed by atoms with Crippen LogP contribution in [0.25, 0.3) is 10.9 Å². The van der Waals surface area contributed by atoms with Crippen molar-refractivity contribution in [2.75, 3.05) is 13.6 Å². The Bertz CT molecular complexity index is 669. The highest BCUT2D eigenvalue weighted by Gasteiger charge is 2.09. The highest BCUT2D eigenvalue weighted by atomic mass is 79.9. The molecule has 3 nitrogen and oxygen atoms in total. The van der Waals surface area contributed by atoms with Gasteiger partial charge in [0, 0.05) is 41.7 Å². The van der Waals surface area contributed by atoms with Gasteiger partial charge in [0.2, 0.25) is 6.41 Å². The zero-order valence-electron chi connectivity index (χ0n) is 12.8. The number of aromatic nitrogens is 1. The molecule has 21 heavy (non-hydrogen) atoms. The molecular weight excluding hydrogens is 328 g/mol. The summed E-state index contributed by atoms with van der Waals surface area (Å²) < 4.78 is 3.35. The number of nitrogens with zero attached hydrogens (tertiary/aromatic N) is 2. The maximum atomic E-state index is 10.7. The molecule has 1 amide bonds. The van der Waals surface area contributed by atoms with Crippen LogP contribution in [-0.2, 0) is 17.8 Å². The van der Waals surface area contributed by atoms with Crippen LogP contribution in [0.4, 0.5) is 0 Å². The Kier molecular flexibility index (Phi) is 5.23. The Morgan fingerprint density at radius 2 is 2.14 bits per heavy atom. The smallest absolute Gasteiger partial charge is 0.209 e. The fourth-order valence-electron chi connectivity index (χ4n) is 2.32. The average molecular weight is 349 g/mol. The summed E-state index contributed by atoms with van der Waals surface area (Å²) in [4.78, 5) is 12.4. The van der Waals surface area contributed by atoms with Crippen molar-refractivity contribution < 1.29 is 4.79 Å². The van der Waals surface area contributed by atoms with E-state index in [1.165, 1.54) is 22.0 Å². The summed E-state index contributed by atoms with van der Waals surface area (Å²) in [5.41, 5.74) is 3.83. The molecule has 0 unspecified atom stereocenters. The quantitative estimate of drug-likeness (QED) is 0.572. The van der Waals surface area contributed by atoms with Crippen LogP contribution in [0.2, 0.25) is 0 Å². The third-order valence-electron chi connectivity index (χ3n) is 3.54. The van der Waals surface area contributed by atoms with Crippen LogP contribution < -0.4 is 0 Å². The van der Waals surface area contributed by atoms with Gasteiger partial charge in [0.05, 0.1) is 0 Å². The summed E-state index contributed by atoms with van der Waals surface area (Å²) in [6.07, 6.45) is 6.17. The van der Waals surface area contributed by atoms with Crippen molar-refractivity contribution in [3.63, 3.8) is 0 Å². The van der Waals surface area contributed by atoms with Gasteiger partial charge in [0.15, 0.2) is 0 Å². The highest BCUT2D eigenvalue weighted by molar-refractivity contribution is 9.10. The fourth-order valence-corrected chi connectivity index (χ4v) is 2.67. The minimum absolute atomic E-state index is 0.737. The fraction of sp³-hybridized carbons (Fsp3) is 0.353. The number of fused-ring (bicyclic) bond motifs is 1. The van der Waals surface area contributed by atoms with Crippen molar-refractivity contribution in [2.24, 2.45) is 0 Å². The Morgan fingerprint density at radius 1 is 1.38 bits per heavy atom. The zero-order valence-corrected chi connectivity index (χ0v) is 14.4. The maximum Gasteiger partial charge on any atom is 0.209 e. The maximum absolute atomic E-state index is 10.7. The zero-order chi connectivity index (χ0) is 15.4. The first-order valence-electron chi connectivity index (χ1n) is 7.07. The lowest BCUT2D eigenvalue weighted by Gasteiger charge is -2.09. The topological polar surface area (TPSA) is 25.2 Å². The summed E-state index contributed by atoms with van der Waals surface area (Å²) in [7, 11) is 1.81. The molecule has 2 rings (SSSR count). The SMILES string of the molecule is CC(C)=CCn1cc(CCN(C)C=O)c2ccc(Br)cc21. The van der Waals surface area contributed by atoms with Gasteiger partial charge in [-0.2, -0.15) is 0 Å². The van der Waals surface area contributed by atoms with E-state index in [1.54, 1.807) is 4.90 Å². The third kappa shape index (κ3) is 3.97. The van der Waals surface area contributed by atoms with Crippen molar-refractivity contribution in [3.05, 3.63) is 46.1 Å². The van der Waals surface area contributed by atoms with Gasteiger partial charge in [0.1, 0.15) is 0 Å². The predicted molar refractivity (Wildman–Crippen MR) is 91.5 cm³/mol. The summed E-state index contributed by atoms with van der Waals surface area (Å²) in [6.45, 7) is 5.84. The molecule has 0 radical (unpaired) electrons. The van der Waals surface area contributed by atoms with E-state index in [0.29, 0.717) is 0 Å². The van der Waals surface area contributed by atoms with Crippen molar-refractivity contribution >= 4 is 33.2 Å². The second-order valence-corrected chi connectivity index (χ2v) is 6.50. The molecule has 1 aromatic carbocycles. The van der Waals surface area contributed by atoms with Crippen LogP contribution in [-0.4, -0.2) is 29.5 Å². The molecule has 112 valence electrons. The van der Waals surface area contributed by atoms with Gasteiger partial charge >= 0.3 is 0 Å². The summed E-state index contributed by atoms with van der Waals surface area (Å²) in [5.74, 6) is 0. The van der Waals surface area contributed by atoms with Crippen molar-refractivity contribution in [1.29, 1.82) is 0 Å². The number of carbonyl (C=O) groups excluding carboxylic acids is 1. The van der Waals surface area contributed by atoms with E-state index in [1.807, 2.05) is 7.05 Å². The number of benzene rings is 1. The minimum Gasteiger partial charge on any atom is -0.348 e. The molecule has 0 bridgehead atoms. The molecule has 1 heterocycles. The van der Waals surface area contributed by atoms with Crippen molar-refractivity contribution in [2.45, 2.75) is 26.8 Å². The van der Waals surface area contributed by atoms with Gasteiger partial charge in [-0.05, 0) is 38.0 Å². The van der Waals surface area contributed by atoms with Crippen molar-refractivity contribution in [3.8, 4) is 0 Å². The first-order chi connectivity index (χ1) is 10.0. The predicted octanol–water partition coefficient (Wildman–Crippen LogP) is 4.00. The number of likely N-dealkylation sites (N-methyl/N-ethyl adjacent to an activating group) is 1. The van der Waals surface area contributed by atoms with Gasteiger partial charge in [-0.25, -0.2) is 0 Å². The number of allylic oxidation sites excluding steroid dienone is 2. The summed E-state index contributed by atoms with van der Waals surface area (Å²) in [5, 5.41) is 1.26. The largest absolute Gasteiger partial charge is 0.348 e. The standard InChI is InChI=1S/C17H21BrN2O/c1-13(2)6-9-20-11-14(7-8-19(3)12-21)16-5-4-15(18)10-17(16)20/h4-6,10-12H,7-9H2,1-3H3. The lowest BCUT2D eigenvalue weighted by atomic mass is 10.1. The Balaban J connectivity index is 2.37. The normalized spacial score (nSPS) is 10.7. The number of carbonyl (C=O) groups is 1. The van der Waals surface area contributed by atoms with Gasteiger partial charge in [-0.1, -0.05) is 33.6 Å². The summed E-state index contributed by atoms with van der Waals surface area (Å²) in [6, 6.07) is 6.37. The monoisotopic (exact) mass is 348 g/mol. The molecule has 1 aromatic heterocycles. The highest BCUT2D eigenvalue weighted by Crippen LogP contribution is 2.25. The molecule has 0 aliphatic rings. The number of halogens is 1. The number of rotatable bonds is 6. The number of amides is 1. The van der Waals surface area contributed by atoms with E-state index in [-0.39, 0.29) is 0 Å². The average Bonchev–Trinajstić information content (AvgIpc) is 2.79. The van der Waals surface area contributed by atoms with Gasteiger partial charge in [0.25, 0.3) is 0 Å². The lowest BCUT2D eigenvalue weighted by Crippen LogP contribution is -2.18. The number of hydrogen-bond acceptors (Lipinski definition) is 1. The van der Waals surface area contributed by atoms with E-state index in [2.05, 4.69) is 64.8 Å². The first-order valence-corrected chi connectivity index (χ1v) is 7.86. The van der Waals surface area contributed by atoms with Crippen LogP contribution in [0.15, 0.2) is 40.5 Å². The summed E-state index contributed by atoms with van der Waals surface area (Å²) >= 11 is 3.55. The minimum atomic E-state index is 0.737. The van der Waals surface area contributed by atoms with E-state index in [0.717, 1.165) is 30.4 Å². The van der Waals surface area contributed by atoms with Crippen LogP contribution in [0.5, 0.6) is 0 Å². The molecule has 0 spiro atoms. The molecule has 0 atom stereocenters. The Labute approximate surface area is 134 Å². The van der Waals surface area contributed by atoms with E-state index >= 15 is 0 Å². The molecule has 4 heteroatoms. The van der Waals surface area contributed by atoms with Gasteiger partial charge in [-0.15, -0.1) is 0 Å². The van der Waals surface area contributed by atoms with Gasteiger partial charge < -0.3 is 9.47 Å². The molecule has 0 saturated carbocycles.